The monoisotopic (exact) mass is 206 g/mol. The Labute approximate surface area is 94.1 Å². The molecule has 0 N–H and O–H groups in total. The zero-order valence-electron chi connectivity index (χ0n) is 10.4. The van der Waals surface area contributed by atoms with E-state index in [1.165, 1.54) is 32.1 Å². The summed E-state index contributed by atoms with van der Waals surface area (Å²) < 4.78 is 2.44. The van der Waals surface area contributed by atoms with Crippen LogP contribution in [0.4, 0.5) is 0 Å². The number of aryl methyl sites for hydroxylation is 2. The highest BCUT2D eigenvalue weighted by Gasteiger charge is 2.13. The Hall–Kier alpha value is -0.850. The van der Waals surface area contributed by atoms with Gasteiger partial charge in [0.25, 0.3) is 0 Å². The van der Waals surface area contributed by atoms with Gasteiger partial charge in [0.1, 0.15) is 6.54 Å². The Kier molecular flexibility index (Phi) is 5.38. The second-order valence-corrected chi connectivity index (χ2v) is 4.17. The fourth-order valence-electron chi connectivity index (χ4n) is 2.12. The topological polar surface area (TPSA) is 3.88 Å². The molecule has 0 unspecified atom stereocenters. The lowest BCUT2D eigenvalue weighted by molar-refractivity contribution is -0.704. The molecule has 1 rings (SSSR count). The molecule has 0 amide bonds. The molecule has 0 saturated carbocycles. The lowest BCUT2D eigenvalue weighted by atomic mass is 10.0. The van der Waals surface area contributed by atoms with E-state index in [0.29, 0.717) is 0 Å². The second kappa shape index (κ2) is 6.60. The Morgan fingerprint density at radius 1 is 1.00 bits per heavy atom. The SMILES string of the molecule is CCCc1ccc[n+](CCC)c1CCC. The third-order valence-corrected chi connectivity index (χ3v) is 2.75. The van der Waals surface area contributed by atoms with Crippen molar-refractivity contribution in [1.82, 2.24) is 0 Å². The first-order valence-corrected chi connectivity index (χ1v) is 6.33. The van der Waals surface area contributed by atoms with E-state index in [2.05, 4.69) is 43.7 Å². The summed E-state index contributed by atoms with van der Waals surface area (Å²) in [6, 6.07) is 4.49. The second-order valence-electron chi connectivity index (χ2n) is 4.17. The van der Waals surface area contributed by atoms with Crippen LogP contribution in [0, 0.1) is 0 Å². The molecule has 0 saturated heterocycles. The van der Waals surface area contributed by atoms with Crippen molar-refractivity contribution < 1.29 is 4.57 Å². The van der Waals surface area contributed by atoms with Gasteiger partial charge in [-0.2, -0.15) is 0 Å². The maximum absolute atomic E-state index is 2.44. The van der Waals surface area contributed by atoms with Gasteiger partial charge in [0.05, 0.1) is 0 Å². The molecule has 1 nitrogen and oxygen atoms in total. The van der Waals surface area contributed by atoms with Gasteiger partial charge in [-0.05, 0) is 18.9 Å². The summed E-state index contributed by atoms with van der Waals surface area (Å²) in [5.74, 6) is 0. The molecule has 0 bridgehead atoms. The van der Waals surface area contributed by atoms with Crippen molar-refractivity contribution in [3.63, 3.8) is 0 Å². The van der Waals surface area contributed by atoms with E-state index < -0.39 is 0 Å². The van der Waals surface area contributed by atoms with Crippen LogP contribution in [-0.2, 0) is 19.4 Å². The van der Waals surface area contributed by atoms with Crippen LogP contribution >= 0.6 is 0 Å². The molecule has 0 fully saturated rings. The summed E-state index contributed by atoms with van der Waals surface area (Å²) >= 11 is 0. The molecular formula is C14H24N+. The van der Waals surface area contributed by atoms with E-state index in [0.717, 1.165) is 6.54 Å². The fourth-order valence-corrected chi connectivity index (χ4v) is 2.12. The molecule has 0 atom stereocenters. The fraction of sp³-hybridized carbons (Fsp3) is 0.643. The number of pyridine rings is 1. The summed E-state index contributed by atoms with van der Waals surface area (Å²) in [6.07, 6.45) is 8.37. The van der Waals surface area contributed by atoms with Gasteiger partial charge in [-0.3, -0.25) is 0 Å². The van der Waals surface area contributed by atoms with Crippen molar-refractivity contribution in [3.8, 4) is 0 Å². The Bertz CT molecular complexity index is 267. The van der Waals surface area contributed by atoms with Gasteiger partial charge >= 0.3 is 0 Å². The van der Waals surface area contributed by atoms with E-state index in [-0.39, 0.29) is 0 Å². The normalized spacial score (nSPS) is 10.6. The van der Waals surface area contributed by atoms with Gasteiger partial charge in [-0.25, -0.2) is 4.57 Å². The lowest BCUT2D eigenvalue weighted by Crippen LogP contribution is -2.39. The maximum Gasteiger partial charge on any atom is 0.184 e. The molecule has 0 aliphatic carbocycles. The quantitative estimate of drug-likeness (QED) is 0.629. The zero-order chi connectivity index (χ0) is 11.1. The van der Waals surface area contributed by atoms with E-state index in [4.69, 9.17) is 0 Å². The van der Waals surface area contributed by atoms with Crippen LogP contribution in [-0.4, -0.2) is 0 Å². The van der Waals surface area contributed by atoms with Gasteiger partial charge in [-0.15, -0.1) is 0 Å². The molecule has 1 aromatic rings. The van der Waals surface area contributed by atoms with Crippen LogP contribution < -0.4 is 4.57 Å². The number of hydrogen-bond donors (Lipinski definition) is 0. The number of aromatic nitrogens is 1. The van der Waals surface area contributed by atoms with Crippen LogP contribution in [0.1, 0.15) is 51.3 Å². The summed E-state index contributed by atoms with van der Waals surface area (Å²) in [5, 5.41) is 0. The minimum Gasteiger partial charge on any atom is -0.202 e. The Morgan fingerprint density at radius 3 is 2.33 bits per heavy atom. The van der Waals surface area contributed by atoms with Gasteiger partial charge < -0.3 is 0 Å². The first-order valence-electron chi connectivity index (χ1n) is 6.33. The van der Waals surface area contributed by atoms with Crippen LogP contribution in [0.3, 0.4) is 0 Å². The standard InChI is InChI=1S/C14H24N/c1-4-8-13-10-7-12-15(11-6-3)14(13)9-5-2/h7,10,12H,4-6,8-9,11H2,1-3H3/q+1. The van der Waals surface area contributed by atoms with Crippen LogP contribution in [0.25, 0.3) is 0 Å². The molecular weight excluding hydrogens is 182 g/mol. The number of rotatable bonds is 6. The predicted octanol–water partition coefficient (Wildman–Crippen LogP) is 3.29. The highest BCUT2D eigenvalue weighted by Crippen LogP contribution is 2.09. The van der Waals surface area contributed by atoms with E-state index in [1.54, 1.807) is 11.3 Å². The molecule has 0 aliphatic rings. The van der Waals surface area contributed by atoms with Crippen molar-refractivity contribution in [2.75, 3.05) is 0 Å². The average molecular weight is 206 g/mol. The van der Waals surface area contributed by atoms with Crippen LogP contribution in [0.5, 0.6) is 0 Å². The minimum atomic E-state index is 1.16. The molecule has 0 spiro atoms. The van der Waals surface area contributed by atoms with Crippen LogP contribution in [0.2, 0.25) is 0 Å². The minimum absolute atomic E-state index is 1.16. The van der Waals surface area contributed by atoms with Crippen molar-refractivity contribution in [2.45, 2.75) is 59.4 Å². The first kappa shape index (κ1) is 12.2. The smallest absolute Gasteiger partial charge is 0.184 e. The molecule has 1 heterocycles. The summed E-state index contributed by atoms with van der Waals surface area (Å²) in [4.78, 5) is 0. The maximum atomic E-state index is 2.44. The molecule has 1 aromatic heterocycles. The molecule has 0 aliphatic heterocycles. The third kappa shape index (κ3) is 3.33. The first-order chi connectivity index (χ1) is 7.33. The van der Waals surface area contributed by atoms with Crippen molar-refractivity contribution in [3.05, 3.63) is 29.6 Å². The van der Waals surface area contributed by atoms with Crippen molar-refractivity contribution in [2.24, 2.45) is 0 Å². The highest BCUT2D eigenvalue weighted by atomic mass is 15.0. The lowest BCUT2D eigenvalue weighted by Gasteiger charge is -2.07. The molecule has 84 valence electrons. The predicted molar refractivity (Wildman–Crippen MR) is 64.9 cm³/mol. The summed E-state index contributed by atoms with van der Waals surface area (Å²) in [6.45, 7) is 7.92. The van der Waals surface area contributed by atoms with Crippen LogP contribution in [0.15, 0.2) is 18.3 Å². The van der Waals surface area contributed by atoms with E-state index in [9.17, 15) is 0 Å². The Balaban J connectivity index is 2.97. The van der Waals surface area contributed by atoms with Gasteiger partial charge in [0.15, 0.2) is 11.9 Å². The van der Waals surface area contributed by atoms with Gasteiger partial charge in [0, 0.05) is 24.5 Å². The number of nitrogens with zero attached hydrogens (tertiary/aromatic N) is 1. The van der Waals surface area contributed by atoms with Crippen molar-refractivity contribution in [1.29, 1.82) is 0 Å². The summed E-state index contributed by atoms with van der Waals surface area (Å²) in [5.41, 5.74) is 3.11. The molecule has 15 heavy (non-hydrogen) atoms. The molecule has 1 heteroatoms. The van der Waals surface area contributed by atoms with E-state index >= 15 is 0 Å². The van der Waals surface area contributed by atoms with Gasteiger partial charge in [-0.1, -0.05) is 27.2 Å². The largest absolute Gasteiger partial charge is 0.202 e. The van der Waals surface area contributed by atoms with Crippen molar-refractivity contribution >= 4 is 0 Å². The molecule has 0 aromatic carbocycles. The Morgan fingerprint density at radius 2 is 1.73 bits per heavy atom. The van der Waals surface area contributed by atoms with Gasteiger partial charge in [0.2, 0.25) is 0 Å². The third-order valence-electron chi connectivity index (χ3n) is 2.75. The zero-order valence-corrected chi connectivity index (χ0v) is 10.4. The van der Waals surface area contributed by atoms with E-state index in [1.807, 2.05) is 0 Å². The summed E-state index contributed by atoms with van der Waals surface area (Å²) in [7, 11) is 0. The highest BCUT2D eigenvalue weighted by molar-refractivity contribution is 5.15. The number of hydrogen-bond acceptors (Lipinski definition) is 0. The average Bonchev–Trinajstić information content (AvgIpc) is 2.23. The molecule has 0 radical (unpaired) electrons.